The molecule has 0 spiro atoms. The highest BCUT2D eigenvalue weighted by Gasteiger charge is 2.33. The standard InChI is InChI=1S/C22H29N3O2/c1-15-12-21(23-20-13-18(27-3)6-7-19(15)20)25-10-8-16(9-11-25)14-24(2)22(26)17-4-5-17/h6-7,12-13,16-17H,4-5,8-11,14H2,1-3H3. The number of aromatic nitrogens is 1. The zero-order valence-corrected chi connectivity index (χ0v) is 16.6. The van der Waals surface area contributed by atoms with Gasteiger partial charge in [0.05, 0.1) is 12.6 Å². The molecular weight excluding hydrogens is 338 g/mol. The minimum absolute atomic E-state index is 0.317. The van der Waals surface area contributed by atoms with E-state index in [2.05, 4.69) is 24.0 Å². The van der Waals surface area contributed by atoms with Crippen LogP contribution >= 0.6 is 0 Å². The summed E-state index contributed by atoms with van der Waals surface area (Å²) in [6.07, 6.45) is 4.39. The van der Waals surface area contributed by atoms with E-state index >= 15 is 0 Å². The molecule has 5 nitrogen and oxygen atoms in total. The zero-order valence-electron chi connectivity index (χ0n) is 16.6. The molecule has 0 bridgehead atoms. The third-order valence-electron chi connectivity index (χ3n) is 5.98. The smallest absolute Gasteiger partial charge is 0.225 e. The number of fused-ring (bicyclic) bond motifs is 1. The molecule has 0 N–H and O–H groups in total. The SMILES string of the molecule is COc1ccc2c(C)cc(N3CCC(CN(C)C(=O)C4CC4)CC3)nc2c1. The molecule has 1 aromatic heterocycles. The van der Waals surface area contributed by atoms with Crippen molar-refractivity contribution in [3.8, 4) is 5.75 Å². The van der Waals surface area contributed by atoms with Crippen molar-refractivity contribution < 1.29 is 9.53 Å². The van der Waals surface area contributed by atoms with Crippen molar-refractivity contribution in [2.24, 2.45) is 11.8 Å². The van der Waals surface area contributed by atoms with E-state index in [1.807, 2.05) is 24.1 Å². The van der Waals surface area contributed by atoms with Crippen LogP contribution in [0, 0.1) is 18.8 Å². The Morgan fingerprint density at radius 3 is 2.63 bits per heavy atom. The Kier molecular flexibility index (Phi) is 4.94. The first-order chi connectivity index (χ1) is 13.0. The number of carbonyl (C=O) groups is 1. The van der Waals surface area contributed by atoms with Crippen LogP contribution in [0.5, 0.6) is 5.75 Å². The van der Waals surface area contributed by atoms with Gasteiger partial charge in [0.1, 0.15) is 11.6 Å². The number of pyridine rings is 1. The largest absolute Gasteiger partial charge is 0.497 e. The molecule has 2 fully saturated rings. The molecule has 27 heavy (non-hydrogen) atoms. The minimum atomic E-state index is 0.317. The van der Waals surface area contributed by atoms with E-state index in [9.17, 15) is 4.79 Å². The lowest BCUT2D eigenvalue weighted by Crippen LogP contribution is -2.40. The molecular formula is C22H29N3O2. The summed E-state index contributed by atoms with van der Waals surface area (Å²) in [5, 5.41) is 1.18. The number of benzene rings is 1. The molecule has 4 rings (SSSR count). The van der Waals surface area contributed by atoms with Gasteiger partial charge >= 0.3 is 0 Å². The predicted octanol–water partition coefficient (Wildman–Crippen LogP) is 3.64. The zero-order chi connectivity index (χ0) is 19.0. The van der Waals surface area contributed by atoms with Crippen molar-refractivity contribution in [1.29, 1.82) is 0 Å². The Morgan fingerprint density at radius 1 is 1.22 bits per heavy atom. The van der Waals surface area contributed by atoms with Crippen LogP contribution in [0.15, 0.2) is 24.3 Å². The van der Waals surface area contributed by atoms with Gasteiger partial charge in [0.2, 0.25) is 5.91 Å². The molecule has 2 aliphatic rings. The summed E-state index contributed by atoms with van der Waals surface area (Å²) in [5.74, 6) is 3.15. The van der Waals surface area contributed by atoms with Crippen LogP contribution in [0.25, 0.3) is 10.9 Å². The molecule has 1 aromatic carbocycles. The number of rotatable bonds is 5. The van der Waals surface area contributed by atoms with E-state index in [0.717, 1.165) is 62.4 Å². The van der Waals surface area contributed by atoms with Crippen molar-refractivity contribution in [2.75, 3.05) is 38.7 Å². The summed E-state index contributed by atoms with van der Waals surface area (Å²) >= 11 is 0. The molecule has 0 atom stereocenters. The van der Waals surface area contributed by atoms with E-state index in [1.54, 1.807) is 7.11 Å². The fraction of sp³-hybridized carbons (Fsp3) is 0.545. The molecule has 1 amide bonds. The summed E-state index contributed by atoms with van der Waals surface area (Å²) in [7, 11) is 3.66. The fourth-order valence-electron chi connectivity index (χ4n) is 4.12. The average Bonchev–Trinajstić information content (AvgIpc) is 3.52. The number of ether oxygens (including phenoxy) is 1. The van der Waals surface area contributed by atoms with Crippen LogP contribution < -0.4 is 9.64 Å². The van der Waals surface area contributed by atoms with Gasteiger partial charge in [0.25, 0.3) is 0 Å². The Morgan fingerprint density at radius 2 is 1.96 bits per heavy atom. The van der Waals surface area contributed by atoms with Crippen LogP contribution in [0.2, 0.25) is 0 Å². The van der Waals surface area contributed by atoms with Gasteiger partial charge in [-0.25, -0.2) is 4.98 Å². The Hall–Kier alpha value is -2.30. The van der Waals surface area contributed by atoms with Gasteiger partial charge in [-0.05, 0) is 62.3 Å². The second kappa shape index (κ2) is 7.37. The first-order valence-corrected chi connectivity index (χ1v) is 10.0. The average molecular weight is 367 g/mol. The van der Waals surface area contributed by atoms with Crippen molar-refractivity contribution in [1.82, 2.24) is 9.88 Å². The Labute approximate surface area is 161 Å². The highest BCUT2D eigenvalue weighted by Crippen LogP contribution is 2.32. The van der Waals surface area contributed by atoms with Gasteiger partial charge in [0.15, 0.2) is 0 Å². The maximum Gasteiger partial charge on any atom is 0.225 e. The molecule has 0 radical (unpaired) electrons. The van der Waals surface area contributed by atoms with Gasteiger partial charge in [-0.3, -0.25) is 4.79 Å². The van der Waals surface area contributed by atoms with E-state index in [4.69, 9.17) is 9.72 Å². The third kappa shape index (κ3) is 3.87. The van der Waals surface area contributed by atoms with Gasteiger partial charge in [-0.15, -0.1) is 0 Å². The number of amides is 1. The second-order valence-corrected chi connectivity index (χ2v) is 8.10. The third-order valence-corrected chi connectivity index (χ3v) is 5.98. The van der Waals surface area contributed by atoms with Crippen molar-refractivity contribution >= 4 is 22.6 Å². The first-order valence-electron chi connectivity index (χ1n) is 10.0. The van der Waals surface area contributed by atoms with E-state index in [1.165, 1.54) is 10.9 Å². The second-order valence-electron chi connectivity index (χ2n) is 8.10. The Bertz CT molecular complexity index is 839. The van der Waals surface area contributed by atoms with Crippen LogP contribution in [0.4, 0.5) is 5.82 Å². The lowest BCUT2D eigenvalue weighted by molar-refractivity contribution is -0.131. The van der Waals surface area contributed by atoms with Crippen molar-refractivity contribution in [2.45, 2.75) is 32.6 Å². The topological polar surface area (TPSA) is 45.7 Å². The highest BCUT2D eigenvalue weighted by molar-refractivity contribution is 5.85. The molecule has 144 valence electrons. The number of methoxy groups -OCH3 is 1. The highest BCUT2D eigenvalue weighted by atomic mass is 16.5. The molecule has 1 aliphatic heterocycles. The monoisotopic (exact) mass is 367 g/mol. The number of piperidine rings is 1. The fourth-order valence-corrected chi connectivity index (χ4v) is 4.12. The maximum atomic E-state index is 12.2. The van der Waals surface area contributed by atoms with Gasteiger partial charge in [-0.2, -0.15) is 0 Å². The van der Waals surface area contributed by atoms with Crippen LogP contribution in [-0.4, -0.2) is 49.6 Å². The van der Waals surface area contributed by atoms with E-state index < -0.39 is 0 Å². The molecule has 2 heterocycles. The summed E-state index contributed by atoms with van der Waals surface area (Å²) in [6.45, 7) is 5.03. The maximum absolute atomic E-state index is 12.2. The lowest BCUT2D eigenvalue weighted by atomic mass is 9.96. The number of aryl methyl sites for hydroxylation is 1. The molecule has 2 aromatic rings. The summed E-state index contributed by atoms with van der Waals surface area (Å²) < 4.78 is 5.35. The summed E-state index contributed by atoms with van der Waals surface area (Å²) in [4.78, 5) is 21.4. The van der Waals surface area contributed by atoms with Crippen LogP contribution in [0.1, 0.15) is 31.2 Å². The molecule has 0 unspecified atom stereocenters. The molecule has 5 heteroatoms. The lowest BCUT2D eigenvalue weighted by Gasteiger charge is -2.35. The number of carbonyl (C=O) groups excluding carboxylic acids is 1. The quantitative estimate of drug-likeness (QED) is 0.809. The summed E-state index contributed by atoms with van der Waals surface area (Å²) in [6, 6.07) is 8.27. The van der Waals surface area contributed by atoms with Gasteiger partial charge in [0, 0.05) is 44.1 Å². The van der Waals surface area contributed by atoms with Crippen molar-refractivity contribution in [3.05, 3.63) is 29.8 Å². The molecule has 1 saturated carbocycles. The summed E-state index contributed by atoms with van der Waals surface area (Å²) in [5.41, 5.74) is 2.23. The van der Waals surface area contributed by atoms with E-state index in [-0.39, 0.29) is 0 Å². The normalized spacial score (nSPS) is 18.0. The molecule has 1 aliphatic carbocycles. The van der Waals surface area contributed by atoms with E-state index in [0.29, 0.717) is 17.7 Å². The van der Waals surface area contributed by atoms with Gasteiger partial charge in [-0.1, -0.05) is 0 Å². The Balaban J connectivity index is 1.42. The van der Waals surface area contributed by atoms with Gasteiger partial charge < -0.3 is 14.5 Å². The van der Waals surface area contributed by atoms with Crippen LogP contribution in [0.3, 0.4) is 0 Å². The van der Waals surface area contributed by atoms with Crippen LogP contribution in [-0.2, 0) is 4.79 Å². The number of anilines is 1. The number of hydrogen-bond donors (Lipinski definition) is 0. The molecule has 1 saturated heterocycles. The first kappa shape index (κ1) is 18.1. The number of hydrogen-bond acceptors (Lipinski definition) is 4. The number of nitrogens with zero attached hydrogens (tertiary/aromatic N) is 3. The van der Waals surface area contributed by atoms with Crippen molar-refractivity contribution in [3.63, 3.8) is 0 Å². The predicted molar refractivity (Wildman–Crippen MR) is 108 cm³/mol. The minimum Gasteiger partial charge on any atom is -0.497 e.